The molecule has 0 N–H and O–H groups in total. The number of carbonyl (C=O) groups is 2. The number of aryl methyl sites for hydroxylation is 1. The van der Waals surface area contributed by atoms with Crippen LogP contribution in [0.1, 0.15) is 23.1 Å². The molecule has 0 heterocycles. The zero-order valence-corrected chi connectivity index (χ0v) is 12.5. The van der Waals surface area contributed by atoms with Crippen molar-refractivity contribution in [2.45, 2.75) is 26.2 Å². The van der Waals surface area contributed by atoms with E-state index in [0.29, 0.717) is 12.1 Å². The summed E-state index contributed by atoms with van der Waals surface area (Å²) in [5, 5.41) is 0. The highest BCUT2D eigenvalue weighted by molar-refractivity contribution is 6.00. The minimum Gasteiger partial charge on any atom is -0.299 e. The number of benzene rings is 2. The third-order valence-corrected chi connectivity index (χ3v) is 3.34. The van der Waals surface area contributed by atoms with Gasteiger partial charge in [0.05, 0.1) is 13.0 Å². The van der Waals surface area contributed by atoms with Crippen LogP contribution in [0.4, 0.5) is 5.69 Å². The molecular formula is C19H17NO2. The normalized spacial score (nSPS) is 10.0. The summed E-state index contributed by atoms with van der Waals surface area (Å²) in [7, 11) is 0. The summed E-state index contributed by atoms with van der Waals surface area (Å²) in [6.07, 6.45) is 0.487. The second-order valence-electron chi connectivity index (χ2n) is 5.37. The van der Waals surface area contributed by atoms with E-state index in [9.17, 15) is 9.59 Å². The quantitative estimate of drug-likeness (QED) is 0.599. The SMILES string of the molecule is [C-]#[N+]c1ccc(CC(=O)CC(=O)Cc2cccc(C)c2)cc1. The van der Waals surface area contributed by atoms with Gasteiger partial charge in [-0.15, -0.1) is 0 Å². The second-order valence-corrected chi connectivity index (χ2v) is 5.37. The molecule has 3 nitrogen and oxygen atoms in total. The molecule has 0 fully saturated rings. The first-order valence-corrected chi connectivity index (χ1v) is 7.12. The van der Waals surface area contributed by atoms with E-state index in [4.69, 9.17) is 6.57 Å². The largest absolute Gasteiger partial charge is 0.299 e. The summed E-state index contributed by atoms with van der Waals surface area (Å²) < 4.78 is 0. The van der Waals surface area contributed by atoms with Crippen molar-refractivity contribution in [1.29, 1.82) is 0 Å². The van der Waals surface area contributed by atoms with Gasteiger partial charge < -0.3 is 0 Å². The maximum absolute atomic E-state index is 12.0. The molecule has 0 aliphatic carbocycles. The Labute approximate surface area is 130 Å². The first-order chi connectivity index (χ1) is 10.6. The summed E-state index contributed by atoms with van der Waals surface area (Å²) in [5.74, 6) is -0.151. The van der Waals surface area contributed by atoms with Gasteiger partial charge >= 0.3 is 0 Å². The molecule has 0 aliphatic heterocycles. The highest BCUT2D eigenvalue weighted by atomic mass is 16.1. The third kappa shape index (κ3) is 4.68. The average Bonchev–Trinajstić information content (AvgIpc) is 2.47. The molecule has 2 aromatic rings. The highest BCUT2D eigenvalue weighted by Crippen LogP contribution is 2.14. The first kappa shape index (κ1) is 15.7. The molecule has 0 aromatic heterocycles. The summed E-state index contributed by atoms with van der Waals surface area (Å²) in [6.45, 7) is 8.86. The highest BCUT2D eigenvalue weighted by Gasteiger charge is 2.11. The second kappa shape index (κ2) is 7.33. The van der Waals surface area contributed by atoms with Crippen molar-refractivity contribution in [3.63, 3.8) is 0 Å². The van der Waals surface area contributed by atoms with Gasteiger partial charge in [-0.2, -0.15) is 0 Å². The Morgan fingerprint density at radius 3 is 2.18 bits per heavy atom. The molecule has 2 rings (SSSR count). The van der Waals surface area contributed by atoms with Crippen molar-refractivity contribution >= 4 is 17.3 Å². The van der Waals surface area contributed by atoms with Crippen molar-refractivity contribution < 1.29 is 9.59 Å². The Hall–Kier alpha value is -2.73. The van der Waals surface area contributed by atoms with Crippen molar-refractivity contribution in [3.8, 4) is 0 Å². The van der Waals surface area contributed by atoms with Gasteiger partial charge in [0.1, 0.15) is 11.6 Å². The van der Waals surface area contributed by atoms with Gasteiger partial charge in [0.25, 0.3) is 0 Å². The lowest BCUT2D eigenvalue weighted by molar-refractivity contribution is -0.126. The van der Waals surface area contributed by atoms with E-state index < -0.39 is 0 Å². The van der Waals surface area contributed by atoms with Crippen molar-refractivity contribution in [2.75, 3.05) is 0 Å². The molecular weight excluding hydrogens is 274 g/mol. The number of hydrogen-bond donors (Lipinski definition) is 0. The minimum atomic E-state index is -0.0896. The molecule has 110 valence electrons. The number of ketones is 2. The summed E-state index contributed by atoms with van der Waals surface area (Å²) in [4.78, 5) is 27.2. The van der Waals surface area contributed by atoms with E-state index >= 15 is 0 Å². The maximum Gasteiger partial charge on any atom is 0.187 e. The van der Waals surface area contributed by atoms with Crippen LogP contribution >= 0.6 is 0 Å². The molecule has 0 bridgehead atoms. The Morgan fingerprint density at radius 1 is 0.955 bits per heavy atom. The number of carbonyl (C=O) groups excluding carboxylic acids is 2. The van der Waals surface area contributed by atoms with E-state index in [1.54, 1.807) is 24.3 Å². The maximum atomic E-state index is 12.0. The zero-order valence-electron chi connectivity index (χ0n) is 12.5. The van der Waals surface area contributed by atoms with Crippen LogP contribution in [0.15, 0.2) is 48.5 Å². The number of hydrogen-bond acceptors (Lipinski definition) is 2. The average molecular weight is 291 g/mol. The molecule has 0 spiro atoms. The van der Waals surface area contributed by atoms with Gasteiger partial charge in [0.15, 0.2) is 5.69 Å². The predicted molar refractivity (Wildman–Crippen MR) is 85.9 cm³/mol. The molecule has 2 aromatic carbocycles. The third-order valence-electron chi connectivity index (χ3n) is 3.34. The molecule has 3 heteroatoms. The summed E-state index contributed by atoms with van der Waals surface area (Å²) in [6, 6.07) is 14.6. The minimum absolute atomic E-state index is 0.0431. The van der Waals surface area contributed by atoms with Crippen LogP contribution in [0.3, 0.4) is 0 Å². The van der Waals surface area contributed by atoms with Crippen LogP contribution in [0.5, 0.6) is 0 Å². The molecule has 0 atom stereocenters. The van der Waals surface area contributed by atoms with Gasteiger partial charge in [-0.1, -0.05) is 54.1 Å². The fraction of sp³-hybridized carbons (Fsp3) is 0.211. The fourth-order valence-corrected chi connectivity index (χ4v) is 2.31. The number of rotatable bonds is 6. The number of Topliss-reactive ketones (excluding diaryl/α,β-unsaturated/α-hetero) is 2. The fourth-order valence-electron chi connectivity index (χ4n) is 2.31. The summed E-state index contributed by atoms with van der Waals surface area (Å²) >= 11 is 0. The summed E-state index contributed by atoms with van der Waals surface area (Å²) in [5.41, 5.74) is 3.43. The van der Waals surface area contributed by atoms with E-state index in [-0.39, 0.29) is 24.4 Å². The first-order valence-electron chi connectivity index (χ1n) is 7.12. The van der Waals surface area contributed by atoms with Gasteiger partial charge in [-0.25, -0.2) is 4.85 Å². The molecule has 0 amide bonds. The van der Waals surface area contributed by atoms with Crippen LogP contribution in [-0.4, -0.2) is 11.6 Å². The lowest BCUT2D eigenvalue weighted by atomic mass is 10.0. The predicted octanol–water partition coefficient (Wildman–Crippen LogP) is 3.86. The molecule has 0 saturated heterocycles. The van der Waals surface area contributed by atoms with Crippen molar-refractivity contribution in [3.05, 3.63) is 76.6 Å². The van der Waals surface area contributed by atoms with E-state index in [1.165, 1.54) is 0 Å². The van der Waals surface area contributed by atoms with Crippen LogP contribution in [-0.2, 0) is 22.4 Å². The van der Waals surface area contributed by atoms with Crippen LogP contribution in [0.25, 0.3) is 4.85 Å². The van der Waals surface area contributed by atoms with Crippen molar-refractivity contribution in [2.24, 2.45) is 0 Å². The Bertz CT molecular complexity index is 724. The van der Waals surface area contributed by atoms with E-state index in [2.05, 4.69) is 4.85 Å². The topological polar surface area (TPSA) is 38.5 Å². The van der Waals surface area contributed by atoms with Gasteiger partial charge in [-0.05, 0) is 18.1 Å². The molecule has 0 saturated carbocycles. The lowest BCUT2D eigenvalue weighted by Crippen LogP contribution is -2.12. The monoisotopic (exact) mass is 291 g/mol. The van der Waals surface area contributed by atoms with Crippen LogP contribution in [0, 0.1) is 13.5 Å². The smallest absolute Gasteiger partial charge is 0.187 e. The zero-order chi connectivity index (χ0) is 15.9. The van der Waals surface area contributed by atoms with Gasteiger partial charge in [0.2, 0.25) is 0 Å². The molecule has 22 heavy (non-hydrogen) atoms. The Balaban J connectivity index is 1.88. The Morgan fingerprint density at radius 2 is 1.59 bits per heavy atom. The van der Waals surface area contributed by atoms with Crippen LogP contribution in [0.2, 0.25) is 0 Å². The van der Waals surface area contributed by atoms with Crippen LogP contribution < -0.4 is 0 Å². The van der Waals surface area contributed by atoms with E-state index in [0.717, 1.165) is 16.7 Å². The van der Waals surface area contributed by atoms with Gasteiger partial charge in [0, 0.05) is 12.8 Å². The standard InChI is InChI=1S/C19H17NO2/c1-14-4-3-5-16(10-14)12-19(22)13-18(21)11-15-6-8-17(20-2)9-7-15/h3-10H,11-13H2,1H3. The Kier molecular flexibility index (Phi) is 5.21. The molecule has 0 unspecified atom stereocenters. The number of nitrogens with zero attached hydrogens (tertiary/aromatic N) is 1. The lowest BCUT2D eigenvalue weighted by Gasteiger charge is -2.03. The van der Waals surface area contributed by atoms with E-state index in [1.807, 2.05) is 31.2 Å². The molecule has 0 aliphatic rings. The van der Waals surface area contributed by atoms with Crippen molar-refractivity contribution in [1.82, 2.24) is 0 Å². The molecule has 0 radical (unpaired) electrons. The van der Waals surface area contributed by atoms with Gasteiger partial charge in [-0.3, -0.25) is 9.59 Å².